The lowest BCUT2D eigenvalue weighted by atomic mass is 9.98. The molecule has 1 aromatic heterocycles. The zero-order valence-corrected chi connectivity index (χ0v) is 18.7. The van der Waals surface area contributed by atoms with Gasteiger partial charge in [0.15, 0.2) is 6.54 Å². The van der Waals surface area contributed by atoms with Crippen molar-refractivity contribution in [3.63, 3.8) is 0 Å². The maximum Gasteiger partial charge on any atom is 0.277 e. The number of nitrogens with one attached hydrogen (secondary N) is 1. The molecule has 1 unspecified atom stereocenters. The van der Waals surface area contributed by atoms with Gasteiger partial charge in [0, 0.05) is 29.5 Å². The Morgan fingerprint density at radius 3 is 2.79 bits per heavy atom. The van der Waals surface area contributed by atoms with E-state index in [0.29, 0.717) is 12.5 Å². The van der Waals surface area contributed by atoms with Crippen LogP contribution < -0.4 is 4.90 Å². The monoisotopic (exact) mass is 426 g/mol. The van der Waals surface area contributed by atoms with Crippen LogP contribution in [0, 0.1) is 0 Å². The maximum atomic E-state index is 12.9. The molecular formula is C23H28N3OS2+. The van der Waals surface area contributed by atoms with Crippen molar-refractivity contribution in [3.8, 4) is 0 Å². The maximum absolute atomic E-state index is 12.9. The predicted octanol–water partition coefficient (Wildman–Crippen LogP) is 3.44. The summed E-state index contributed by atoms with van der Waals surface area (Å²) in [5, 5.41) is 1.18. The first-order valence-electron chi connectivity index (χ1n) is 10.2. The van der Waals surface area contributed by atoms with E-state index in [1.54, 1.807) is 23.1 Å². The Balaban J connectivity index is 1.35. The molecule has 6 heteroatoms. The molecule has 4 rings (SSSR count). The number of fused-ring (bicyclic) bond motifs is 1. The summed E-state index contributed by atoms with van der Waals surface area (Å²) in [4.78, 5) is 22.3. The molecule has 1 aliphatic heterocycles. The number of likely N-dealkylation sites (N-methyl/N-ethyl adjacent to an activating group) is 1. The lowest BCUT2D eigenvalue weighted by molar-refractivity contribution is -0.885. The van der Waals surface area contributed by atoms with Gasteiger partial charge in [-0.1, -0.05) is 24.3 Å². The SMILES string of the molecule is CSc1ccc(C[NH+](C)CC(=O)N2CCC[C@H](c3nc4ccccc4s3)C2)cc1. The molecule has 4 nitrogen and oxygen atoms in total. The number of hydrogen-bond donors (Lipinski definition) is 1. The summed E-state index contributed by atoms with van der Waals surface area (Å²) in [6.07, 6.45) is 4.26. The van der Waals surface area contributed by atoms with Crippen LogP contribution in [0.2, 0.25) is 0 Å². The summed E-state index contributed by atoms with van der Waals surface area (Å²) < 4.78 is 1.24. The average molecular weight is 427 g/mol. The third-order valence-electron chi connectivity index (χ3n) is 5.55. The topological polar surface area (TPSA) is 37.6 Å². The van der Waals surface area contributed by atoms with Gasteiger partial charge in [-0.15, -0.1) is 23.1 Å². The van der Waals surface area contributed by atoms with E-state index in [1.165, 1.54) is 25.1 Å². The first-order valence-corrected chi connectivity index (χ1v) is 12.2. The van der Waals surface area contributed by atoms with Crippen LogP contribution in [0.3, 0.4) is 0 Å². The number of amides is 1. The van der Waals surface area contributed by atoms with Gasteiger partial charge in [-0.2, -0.15) is 0 Å². The van der Waals surface area contributed by atoms with Crippen LogP contribution in [-0.2, 0) is 11.3 Å². The number of thiazole rings is 1. The van der Waals surface area contributed by atoms with Gasteiger partial charge in [0.2, 0.25) is 0 Å². The van der Waals surface area contributed by atoms with Crippen molar-refractivity contribution in [2.75, 3.05) is 32.9 Å². The van der Waals surface area contributed by atoms with E-state index in [9.17, 15) is 4.79 Å². The minimum absolute atomic E-state index is 0.258. The van der Waals surface area contributed by atoms with Gasteiger partial charge >= 0.3 is 0 Å². The van der Waals surface area contributed by atoms with Gasteiger partial charge in [0.25, 0.3) is 5.91 Å². The Labute approximate surface area is 180 Å². The second-order valence-electron chi connectivity index (χ2n) is 7.86. The normalized spacial score (nSPS) is 18.1. The summed E-state index contributed by atoms with van der Waals surface area (Å²) >= 11 is 3.53. The highest BCUT2D eigenvalue weighted by Gasteiger charge is 2.28. The summed E-state index contributed by atoms with van der Waals surface area (Å²) in [6, 6.07) is 17.0. The molecule has 2 aromatic carbocycles. The summed E-state index contributed by atoms with van der Waals surface area (Å²) in [7, 11) is 2.11. The Morgan fingerprint density at radius 1 is 1.24 bits per heavy atom. The van der Waals surface area contributed by atoms with Crippen molar-refractivity contribution in [2.24, 2.45) is 0 Å². The zero-order chi connectivity index (χ0) is 20.2. The second kappa shape index (κ2) is 9.28. The number of likely N-dealkylation sites (tertiary alicyclic amines) is 1. The van der Waals surface area contributed by atoms with Crippen LogP contribution in [0.5, 0.6) is 0 Å². The van der Waals surface area contributed by atoms with Crippen LogP contribution in [0.15, 0.2) is 53.4 Å². The molecule has 1 fully saturated rings. The number of thioether (sulfide) groups is 1. The van der Waals surface area contributed by atoms with E-state index in [-0.39, 0.29) is 5.91 Å². The summed E-state index contributed by atoms with van der Waals surface area (Å²) in [6.45, 7) is 3.08. The van der Waals surface area contributed by atoms with Crippen LogP contribution in [0.25, 0.3) is 10.2 Å². The van der Waals surface area contributed by atoms with Crippen molar-refractivity contribution in [2.45, 2.75) is 30.2 Å². The molecule has 3 aromatic rings. The first kappa shape index (κ1) is 20.4. The van der Waals surface area contributed by atoms with Crippen LogP contribution >= 0.6 is 23.1 Å². The third-order valence-corrected chi connectivity index (χ3v) is 7.49. The number of benzene rings is 2. The minimum Gasteiger partial charge on any atom is -0.337 e. The molecule has 1 amide bonds. The molecule has 0 saturated carbocycles. The highest BCUT2D eigenvalue weighted by molar-refractivity contribution is 7.98. The van der Waals surface area contributed by atoms with Crippen LogP contribution in [0.1, 0.15) is 29.3 Å². The lowest BCUT2D eigenvalue weighted by Gasteiger charge is -2.32. The molecule has 29 heavy (non-hydrogen) atoms. The fourth-order valence-electron chi connectivity index (χ4n) is 3.99. The van der Waals surface area contributed by atoms with Gasteiger partial charge in [0.1, 0.15) is 6.54 Å². The number of hydrogen-bond acceptors (Lipinski definition) is 4. The van der Waals surface area contributed by atoms with Crippen molar-refractivity contribution in [3.05, 3.63) is 59.1 Å². The molecule has 0 spiro atoms. The van der Waals surface area contributed by atoms with E-state index in [0.717, 1.165) is 38.0 Å². The second-order valence-corrected chi connectivity index (χ2v) is 9.80. The summed E-state index contributed by atoms with van der Waals surface area (Å²) in [5.74, 6) is 0.624. The van der Waals surface area contributed by atoms with Crippen LogP contribution in [-0.4, -0.2) is 48.7 Å². The van der Waals surface area contributed by atoms with E-state index < -0.39 is 0 Å². The Hall–Kier alpha value is -1.89. The van der Waals surface area contributed by atoms with Gasteiger partial charge in [-0.25, -0.2) is 4.98 Å². The predicted molar refractivity (Wildman–Crippen MR) is 122 cm³/mol. The fourth-order valence-corrected chi connectivity index (χ4v) is 5.50. The number of para-hydroxylation sites is 1. The molecule has 2 atom stereocenters. The smallest absolute Gasteiger partial charge is 0.277 e. The first-order chi connectivity index (χ1) is 14.1. The highest BCUT2D eigenvalue weighted by atomic mass is 32.2. The third kappa shape index (κ3) is 5.00. The number of carbonyl (C=O) groups is 1. The highest BCUT2D eigenvalue weighted by Crippen LogP contribution is 2.32. The zero-order valence-electron chi connectivity index (χ0n) is 17.1. The molecule has 0 radical (unpaired) electrons. The van der Waals surface area contributed by atoms with E-state index in [1.807, 2.05) is 6.07 Å². The quantitative estimate of drug-likeness (QED) is 0.614. The van der Waals surface area contributed by atoms with E-state index in [4.69, 9.17) is 4.98 Å². The number of aromatic nitrogens is 1. The molecular weight excluding hydrogens is 398 g/mol. The molecule has 1 saturated heterocycles. The minimum atomic E-state index is 0.258. The molecule has 2 heterocycles. The fraction of sp³-hybridized carbons (Fsp3) is 0.391. The van der Waals surface area contributed by atoms with E-state index >= 15 is 0 Å². The summed E-state index contributed by atoms with van der Waals surface area (Å²) in [5.41, 5.74) is 2.35. The average Bonchev–Trinajstić information content (AvgIpc) is 3.19. The van der Waals surface area contributed by atoms with Gasteiger partial charge in [0.05, 0.1) is 22.3 Å². The molecule has 152 valence electrons. The number of rotatable bonds is 6. The Bertz CT molecular complexity index is 937. The van der Waals surface area contributed by atoms with Crippen LogP contribution in [0.4, 0.5) is 0 Å². The van der Waals surface area contributed by atoms with Gasteiger partial charge < -0.3 is 9.80 Å². The van der Waals surface area contributed by atoms with Crippen molar-refractivity contribution < 1.29 is 9.69 Å². The Morgan fingerprint density at radius 2 is 2.03 bits per heavy atom. The van der Waals surface area contributed by atoms with Gasteiger partial charge in [-0.3, -0.25) is 4.79 Å². The number of nitrogens with zero attached hydrogens (tertiary/aromatic N) is 2. The van der Waals surface area contributed by atoms with Crippen molar-refractivity contribution in [1.82, 2.24) is 9.88 Å². The van der Waals surface area contributed by atoms with E-state index in [2.05, 4.69) is 60.7 Å². The number of quaternary nitrogens is 1. The van der Waals surface area contributed by atoms with Crippen molar-refractivity contribution >= 4 is 39.2 Å². The molecule has 0 bridgehead atoms. The number of piperidine rings is 1. The van der Waals surface area contributed by atoms with Crippen molar-refractivity contribution in [1.29, 1.82) is 0 Å². The Kier molecular flexibility index (Phi) is 6.53. The molecule has 1 aliphatic rings. The van der Waals surface area contributed by atoms with Gasteiger partial charge in [-0.05, 0) is 43.4 Å². The molecule has 1 N–H and O–H groups in total. The largest absolute Gasteiger partial charge is 0.337 e. The number of carbonyl (C=O) groups excluding carboxylic acids is 1. The molecule has 0 aliphatic carbocycles. The lowest BCUT2D eigenvalue weighted by Crippen LogP contribution is -3.08. The standard InChI is InChI=1S/C23H27N3OS2/c1-25(14-17-9-11-19(28-2)12-10-17)16-22(27)26-13-5-6-18(15-26)23-24-20-7-3-4-8-21(20)29-23/h3-4,7-12,18H,5-6,13-16H2,1-2H3/p+1/t18-/m0/s1.